The molecule has 162 valence electrons. The molecule has 0 aromatic rings. The summed E-state index contributed by atoms with van der Waals surface area (Å²) in [5, 5.41) is 3.02. The minimum absolute atomic E-state index is 0.0101. The number of ether oxygens (including phenoxy) is 1. The van der Waals surface area contributed by atoms with Crippen LogP contribution in [0.15, 0.2) is 0 Å². The van der Waals surface area contributed by atoms with Crippen molar-refractivity contribution in [3.05, 3.63) is 0 Å². The van der Waals surface area contributed by atoms with Gasteiger partial charge in [-0.25, -0.2) is 4.79 Å². The average molecular weight is 407 g/mol. The largest absolute Gasteiger partial charge is 0.368 e. The number of hydrogen-bond acceptors (Lipinski definition) is 5. The van der Waals surface area contributed by atoms with E-state index in [0.717, 1.165) is 45.3 Å². The first-order chi connectivity index (χ1) is 13.9. The van der Waals surface area contributed by atoms with E-state index in [-0.39, 0.29) is 30.0 Å². The minimum atomic E-state index is -0.759. The molecule has 4 fully saturated rings. The van der Waals surface area contributed by atoms with Crippen LogP contribution in [-0.4, -0.2) is 89.6 Å². The molecule has 1 spiro atoms. The highest BCUT2D eigenvalue weighted by Gasteiger charge is 2.54. The normalized spacial score (nSPS) is 30.4. The Hall–Kier alpha value is -1.67. The van der Waals surface area contributed by atoms with E-state index in [0.29, 0.717) is 38.5 Å². The Balaban J connectivity index is 1.40. The molecule has 8 heteroatoms. The monoisotopic (exact) mass is 406 g/mol. The first-order valence-electron chi connectivity index (χ1n) is 11.2. The standard InChI is InChI=1S/C21H34N4O4/c1-15(2)13-23-10-7-21(8-11-23)19(27)25(20(28)22-21)16-5-3-9-24(14-16)18(26)17-6-4-12-29-17/h15-17H,3-14H2,1-2H3,(H,22,28)/t16-,17-/m0/s1. The van der Waals surface area contributed by atoms with Gasteiger partial charge in [-0.05, 0) is 44.4 Å². The number of nitrogens with one attached hydrogen (secondary N) is 1. The van der Waals surface area contributed by atoms with E-state index in [2.05, 4.69) is 24.1 Å². The molecule has 0 radical (unpaired) electrons. The Labute approximate surface area is 172 Å². The third-order valence-corrected chi connectivity index (χ3v) is 6.80. The smallest absolute Gasteiger partial charge is 0.325 e. The fourth-order valence-electron chi connectivity index (χ4n) is 5.29. The summed E-state index contributed by atoms with van der Waals surface area (Å²) in [5.74, 6) is 0.503. The number of likely N-dealkylation sites (tertiary alicyclic amines) is 2. The molecule has 1 N–H and O–H groups in total. The number of urea groups is 1. The molecule has 0 saturated carbocycles. The second kappa shape index (κ2) is 8.22. The van der Waals surface area contributed by atoms with Crippen LogP contribution in [0.1, 0.15) is 52.4 Å². The van der Waals surface area contributed by atoms with Crippen molar-refractivity contribution >= 4 is 17.8 Å². The quantitative estimate of drug-likeness (QED) is 0.710. The zero-order valence-electron chi connectivity index (χ0n) is 17.7. The van der Waals surface area contributed by atoms with Crippen LogP contribution >= 0.6 is 0 Å². The first kappa shape index (κ1) is 20.6. The predicted molar refractivity (Wildman–Crippen MR) is 107 cm³/mol. The topological polar surface area (TPSA) is 82.2 Å². The van der Waals surface area contributed by atoms with Crippen molar-refractivity contribution in [2.75, 3.05) is 39.3 Å². The summed E-state index contributed by atoms with van der Waals surface area (Å²) in [6.07, 6.45) is 4.20. The molecule has 2 atom stereocenters. The van der Waals surface area contributed by atoms with Gasteiger partial charge in [-0.2, -0.15) is 0 Å². The molecule has 29 heavy (non-hydrogen) atoms. The van der Waals surface area contributed by atoms with Gasteiger partial charge in [0, 0.05) is 39.3 Å². The molecule has 0 aromatic carbocycles. The molecule has 0 aliphatic carbocycles. The van der Waals surface area contributed by atoms with Crippen molar-refractivity contribution in [3.8, 4) is 0 Å². The van der Waals surface area contributed by atoms with Crippen LogP contribution in [0.4, 0.5) is 4.79 Å². The molecule has 4 aliphatic rings. The van der Waals surface area contributed by atoms with Crippen LogP contribution in [0.5, 0.6) is 0 Å². The van der Waals surface area contributed by atoms with Crippen LogP contribution in [0, 0.1) is 5.92 Å². The van der Waals surface area contributed by atoms with Gasteiger partial charge in [-0.15, -0.1) is 0 Å². The van der Waals surface area contributed by atoms with E-state index in [9.17, 15) is 14.4 Å². The summed E-state index contributed by atoms with van der Waals surface area (Å²) in [6.45, 7) is 8.80. The molecule has 0 aromatic heterocycles. The summed E-state index contributed by atoms with van der Waals surface area (Å²) < 4.78 is 5.54. The molecule has 4 saturated heterocycles. The number of piperidine rings is 2. The summed E-state index contributed by atoms with van der Waals surface area (Å²) in [6, 6.07) is -0.529. The molecular formula is C21H34N4O4. The molecule has 8 nitrogen and oxygen atoms in total. The highest BCUT2D eigenvalue weighted by atomic mass is 16.5. The Morgan fingerprint density at radius 2 is 1.93 bits per heavy atom. The van der Waals surface area contributed by atoms with Crippen molar-refractivity contribution < 1.29 is 19.1 Å². The van der Waals surface area contributed by atoms with Crippen molar-refractivity contribution in [2.45, 2.75) is 70.1 Å². The third-order valence-electron chi connectivity index (χ3n) is 6.80. The fourth-order valence-corrected chi connectivity index (χ4v) is 5.29. The van der Waals surface area contributed by atoms with Gasteiger partial charge in [0.15, 0.2) is 0 Å². The molecule has 4 amide bonds. The molecule has 4 rings (SSSR count). The van der Waals surface area contributed by atoms with Gasteiger partial charge in [-0.3, -0.25) is 14.5 Å². The van der Waals surface area contributed by atoms with Crippen LogP contribution in [0.2, 0.25) is 0 Å². The Morgan fingerprint density at radius 1 is 1.17 bits per heavy atom. The maximum absolute atomic E-state index is 13.3. The van der Waals surface area contributed by atoms with Gasteiger partial charge in [0.25, 0.3) is 11.8 Å². The number of imide groups is 1. The van der Waals surface area contributed by atoms with Gasteiger partial charge in [0.05, 0.1) is 6.04 Å². The lowest BCUT2D eigenvalue weighted by atomic mass is 9.86. The zero-order valence-corrected chi connectivity index (χ0v) is 17.7. The van der Waals surface area contributed by atoms with Crippen molar-refractivity contribution in [2.24, 2.45) is 5.92 Å². The Bertz CT molecular complexity index is 653. The summed E-state index contributed by atoms with van der Waals surface area (Å²) in [4.78, 5) is 44.5. The van der Waals surface area contributed by atoms with E-state index in [1.165, 1.54) is 4.90 Å². The highest BCUT2D eigenvalue weighted by Crippen LogP contribution is 2.33. The average Bonchev–Trinajstić information content (AvgIpc) is 3.31. The predicted octanol–water partition coefficient (Wildman–Crippen LogP) is 1.20. The van der Waals surface area contributed by atoms with E-state index >= 15 is 0 Å². The summed E-state index contributed by atoms with van der Waals surface area (Å²) in [7, 11) is 0. The second-order valence-corrected chi connectivity index (χ2v) is 9.46. The van der Waals surface area contributed by atoms with Crippen LogP contribution in [0.3, 0.4) is 0 Å². The number of amides is 4. The van der Waals surface area contributed by atoms with Crippen LogP contribution < -0.4 is 5.32 Å². The molecule has 0 unspecified atom stereocenters. The maximum atomic E-state index is 13.3. The van der Waals surface area contributed by atoms with Crippen LogP contribution in [-0.2, 0) is 14.3 Å². The Kier molecular flexibility index (Phi) is 5.84. The number of rotatable bonds is 4. The van der Waals surface area contributed by atoms with Gasteiger partial charge in [-0.1, -0.05) is 13.8 Å². The lowest BCUT2D eigenvalue weighted by Crippen LogP contribution is -2.57. The number of carbonyl (C=O) groups is 3. The minimum Gasteiger partial charge on any atom is -0.368 e. The van der Waals surface area contributed by atoms with Gasteiger partial charge in [0.1, 0.15) is 11.6 Å². The van der Waals surface area contributed by atoms with E-state index in [1.54, 1.807) is 4.90 Å². The van der Waals surface area contributed by atoms with E-state index < -0.39 is 5.54 Å². The summed E-state index contributed by atoms with van der Waals surface area (Å²) in [5.41, 5.74) is -0.759. The lowest BCUT2D eigenvalue weighted by molar-refractivity contribution is -0.145. The summed E-state index contributed by atoms with van der Waals surface area (Å²) >= 11 is 0. The van der Waals surface area contributed by atoms with E-state index in [4.69, 9.17) is 4.74 Å². The van der Waals surface area contributed by atoms with Gasteiger partial charge in [0.2, 0.25) is 0 Å². The third kappa shape index (κ3) is 4.01. The fraction of sp³-hybridized carbons (Fsp3) is 0.857. The van der Waals surface area contributed by atoms with Crippen molar-refractivity contribution in [1.29, 1.82) is 0 Å². The molecule has 0 bridgehead atoms. The SMILES string of the molecule is CC(C)CN1CCC2(CC1)NC(=O)N([C@H]1CCCN(C(=O)[C@@H]3CCCO3)C1)C2=O. The zero-order chi connectivity index (χ0) is 20.6. The van der Waals surface area contributed by atoms with Gasteiger partial charge < -0.3 is 19.9 Å². The molecule has 4 aliphatic heterocycles. The van der Waals surface area contributed by atoms with Gasteiger partial charge >= 0.3 is 6.03 Å². The number of nitrogens with zero attached hydrogens (tertiary/aromatic N) is 3. The first-order valence-corrected chi connectivity index (χ1v) is 11.2. The second-order valence-electron chi connectivity index (χ2n) is 9.46. The van der Waals surface area contributed by atoms with E-state index in [1.807, 2.05) is 0 Å². The number of carbonyl (C=O) groups excluding carboxylic acids is 3. The van der Waals surface area contributed by atoms with Crippen molar-refractivity contribution in [3.63, 3.8) is 0 Å². The molecule has 4 heterocycles. The van der Waals surface area contributed by atoms with Crippen LogP contribution in [0.25, 0.3) is 0 Å². The van der Waals surface area contributed by atoms with Crippen molar-refractivity contribution in [1.82, 2.24) is 20.0 Å². The maximum Gasteiger partial charge on any atom is 0.325 e. The Morgan fingerprint density at radius 3 is 2.59 bits per heavy atom. The number of hydrogen-bond donors (Lipinski definition) is 1. The highest BCUT2D eigenvalue weighted by molar-refractivity contribution is 6.07. The molecular weight excluding hydrogens is 372 g/mol. The lowest BCUT2D eigenvalue weighted by Gasteiger charge is -2.39.